The van der Waals surface area contributed by atoms with Crippen molar-refractivity contribution < 1.29 is 19.8 Å². The maximum atomic E-state index is 13.5. The molecule has 0 saturated carbocycles. The second-order valence-electron chi connectivity index (χ2n) is 9.38. The van der Waals surface area contributed by atoms with Gasteiger partial charge in [0.05, 0.1) is 40.6 Å². The van der Waals surface area contributed by atoms with Gasteiger partial charge in [-0.1, -0.05) is 38.1 Å². The summed E-state index contributed by atoms with van der Waals surface area (Å²) < 4.78 is 1.41. The molecule has 1 unspecified atom stereocenters. The van der Waals surface area contributed by atoms with Gasteiger partial charge in [-0.05, 0) is 30.9 Å². The van der Waals surface area contributed by atoms with Crippen LogP contribution in [0.2, 0.25) is 0 Å². The van der Waals surface area contributed by atoms with E-state index in [1.807, 2.05) is 57.5 Å². The first-order valence-corrected chi connectivity index (χ1v) is 12.6. The molecule has 0 bridgehead atoms. The second-order valence-corrected chi connectivity index (χ2v) is 10.2. The van der Waals surface area contributed by atoms with Gasteiger partial charge in [0.1, 0.15) is 12.1 Å². The number of benzene rings is 1. The minimum absolute atomic E-state index is 0.0375. The zero-order chi connectivity index (χ0) is 25.3. The topological polar surface area (TPSA) is 121 Å². The molecule has 0 aliphatic carbocycles. The Labute approximate surface area is 208 Å². The van der Waals surface area contributed by atoms with Gasteiger partial charge in [0.15, 0.2) is 5.75 Å². The number of hydrogen-bond donors (Lipinski definition) is 3. The standard InChI is InChI=1S/C25H31N5O4S/c1-14(2)22(30-12-20(32)10-27-30)25(34)29-11-19(31)9-21(29)24(33)28-15(3)17-5-7-18(8-6-17)23-16(4)26-13-35-23/h5-8,10,12-15,19,21-22,31-32H,9,11H2,1-4H3,(H,28,33)/t15-,19+,21-,22?/m0/s1. The summed E-state index contributed by atoms with van der Waals surface area (Å²) in [6, 6.07) is 6.22. The lowest BCUT2D eigenvalue weighted by molar-refractivity contribution is -0.142. The van der Waals surface area contributed by atoms with Crippen LogP contribution >= 0.6 is 11.3 Å². The van der Waals surface area contributed by atoms with Crippen molar-refractivity contribution in [2.75, 3.05) is 6.54 Å². The first-order chi connectivity index (χ1) is 16.7. The van der Waals surface area contributed by atoms with E-state index in [1.165, 1.54) is 22.0 Å². The normalized spacial score (nSPS) is 19.7. The van der Waals surface area contributed by atoms with Gasteiger partial charge in [0, 0.05) is 13.0 Å². The van der Waals surface area contributed by atoms with Gasteiger partial charge >= 0.3 is 0 Å². The summed E-state index contributed by atoms with van der Waals surface area (Å²) in [6.45, 7) is 7.70. The fourth-order valence-electron chi connectivity index (χ4n) is 4.55. The number of aryl methyl sites for hydroxylation is 1. The molecule has 1 aliphatic rings. The van der Waals surface area contributed by atoms with Gasteiger partial charge in [0.25, 0.3) is 0 Å². The van der Waals surface area contributed by atoms with E-state index in [1.54, 1.807) is 11.3 Å². The van der Waals surface area contributed by atoms with Crippen LogP contribution in [0, 0.1) is 12.8 Å². The maximum absolute atomic E-state index is 13.5. The molecule has 0 spiro atoms. The van der Waals surface area contributed by atoms with Crippen LogP contribution in [0.4, 0.5) is 0 Å². The lowest BCUT2D eigenvalue weighted by atomic mass is 10.0. The molecule has 1 saturated heterocycles. The number of thiazole rings is 1. The van der Waals surface area contributed by atoms with Gasteiger partial charge in [-0.3, -0.25) is 14.3 Å². The molecule has 4 rings (SSSR count). The van der Waals surface area contributed by atoms with E-state index in [9.17, 15) is 19.8 Å². The Morgan fingerprint density at radius 3 is 2.49 bits per heavy atom. The van der Waals surface area contributed by atoms with Crippen molar-refractivity contribution in [2.45, 2.75) is 58.3 Å². The summed E-state index contributed by atoms with van der Waals surface area (Å²) in [6.07, 6.45) is 2.05. The quantitative estimate of drug-likeness (QED) is 0.461. The van der Waals surface area contributed by atoms with Crippen molar-refractivity contribution in [1.82, 2.24) is 25.0 Å². The highest BCUT2D eigenvalue weighted by Crippen LogP contribution is 2.30. The van der Waals surface area contributed by atoms with Gasteiger partial charge in [-0.2, -0.15) is 5.10 Å². The third-order valence-corrected chi connectivity index (χ3v) is 7.38. The van der Waals surface area contributed by atoms with Crippen molar-refractivity contribution in [2.24, 2.45) is 5.92 Å². The summed E-state index contributed by atoms with van der Waals surface area (Å²) >= 11 is 1.59. The van der Waals surface area contributed by atoms with Crippen LogP contribution in [-0.2, 0) is 9.59 Å². The molecule has 35 heavy (non-hydrogen) atoms. The number of β-amino-alcohol motifs (C(OH)–C–C–N with tert-alkyl or cyclic N) is 1. The smallest absolute Gasteiger partial charge is 0.248 e. The number of aromatic hydroxyl groups is 1. The van der Waals surface area contributed by atoms with Crippen molar-refractivity contribution in [1.29, 1.82) is 0 Å². The van der Waals surface area contributed by atoms with E-state index >= 15 is 0 Å². The number of nitrogens with zero attached hydrogens (tertiary/aromatic N) is 4. The van der Waals surface area contributed by atoms with Gasteiger partial charge in [-0.15, -0.1) is 11.3 Å². The molecule has 1 aliphatic heterocycles. The first-order valence-electron chi connectivity index (χ1n) is 11.7. The highest BCUT2D eigenvalue weighted by Gasteiger charge is 2.42. The highest BCUT2D eigenvalue weighted by atomic mass is 32.1. The Morgan fingerprint density at radius 2 is 1.91 bits per heavy atom. The summed E-state index contributed by atoms with van der Waals surface area (Å²) in [7, 11) is 0. The molecule has 3 N–H and O–H groups in total. The molecule has 1 fully saturated rings. The molecule has 3 heterocycles. The predicted molar refractivity (Wildman–Crippen MR) is 133 cm³/mol. The van der Waals surface area contributed by atoms with E-state index in [-0.39, 0.29) is 42.5 Å². The highest BCUT2D eigenvalue weighted by molar-refractivity contribution is 7.13. The van der Waals surface area contributed by atoms with Crippen molar-refractivity contribution >= 4 is 23.2 Å². The van der Waals surface area contributed by atoms with Gasteiger partial charge < -0.3 is 20.4 Å². The van der Waals surface area contributed by atoms with Crippen LogP contribution in [0.5, 0.6) is 5.75 Å². The van der Waals surface area contributed by atoms with Crippen LogP contribution < -0.4 is 5.32 Å². The number of aromatic nitrogens is 3. The third kappa shape index (κ3) is 5.23. The number of aliphatic hydroxyl groups excluding tert-OH is 1. The van der Waals surface area contributed by atoms with Crippen LogP contribution in [0.1, 0.15) is 50.5 Å². The molecule has 186 valence electrons. The van der Waals surface area contributed by atoms with Crippen LogP contribution in [-0.4, -0.2) is 60.4 Å². The Kier molecular flexibility index (Phi) is 7.23. The zero-order valence-electron chi connectivity index (χ0n) is 20.3. The Bertz CT molecular complexity index is 1190. The minimum atomic E-state index is -0.788. The Balaban J connectivity index is 1.47. The van der Waals surface area contributed by atoms with Crippen molar-refractivity contribution in [3.63, 3.8) is 0 Å². The van der Waals surface area contributed by atoms with E-state index < -0.39 is 18.2 Å². The molecule has 2 amide bonds. The van der Waals surface area contributed by atoms with E-state index in [4.69, 9.17) is 0 Å². The number of carbonyl (C=O) groups excluding carboxylic acids is 2. The van der Waals surface area contributed by atoms with Crippen molar-refractivity contribution in [3.8, 4) is 16.2 Å². The Morgan fingerprint density at radius 1 is 1.20 bits per heavy atom. The number of hydrogen-bond acceptors (Lipinski definition) is 7. The number of aliphatic hydroxyl groups is 1. The number of amides is 2. The first kappa shape index (κ1) is 24.9. The lowest BCUT2D eigenvalue weighted by Gasteiger charge is -2.30. The summed E-state index contributed by atoms with van der Waals surface area (Å²) in [5.41, 5.74) is 4.82. The number of rotatable bonds is 7. The Hall–Kier alpha value is -3.24. The fourth-order valence-corrected chi connectivity index (χ4v) is 5.37. The summed E-state index contributed by atoms with van der Waals surface area (Å²) in [4.78, 5) is 33.6. The van der Waals surface area contributed by atoms with Crippen LogP contribution in [0.25, 0.3) is 10.4 Å². The largest absolute Gasteiger partial charge is 0.505 e. The molecule has 4 atom stereocenters. The maximum Gasteiger partial charge on any atom is 0.248 e. The molecular formula is C25H31N5O4S. The molecule has 2 aromatic heterocycles. The van der Waals surface area contributed by atoms with Crippen molar-refractivity contribution in [3.05, 3.63) is 53.4 Å². The molecule has 1 aromatic carbocycles. The molecule has 3 aromatic rings. The number of likely N-dealkylation sites (tertiary alicyclic amines) is 1. The predicted octanol–water partition coefficient (Wildman–Crippen LogP) is 3.06. The van der Waals surface area contributed by atoms with Crippen LogP contribution in [0.15, 0.2) is 42.2 Å². The minimum Gasteiger partial charge on any atom is -0.505 e. The zero-order valence-corrected chi connectivity index (χ0v) is 21.1. The SMILES string of the molecule is Cc1ncsc1-c1ccc([C@H](C)NC(=O)[C@@H]2C[C@@H](O)CN2C(=O)C(C(C)C)n2cc(O)cn2)cc1. The fraction of sp³-hybridized carbons (Fsp3) is 0.440. The summed E-state index contributed by atoms with van der Waals surface area (Å²) in [5, 5.41) is 27.1. The average molecular weight is 498 g/mol. The second kappa shape index (κ2) is 10.2. The molecule has 9 nitrogen and oxygen atoms in total. The van der Waals surface area contributed by atoms with Crippen LogP contribution in [0.3, 0.4) is 0 Å². The van der Waals surface area contributed by atoms with E-state index in [0.717, 1.165) is 21.7 Å². The molecule has 0 radical (unpaired) electrons. The summed E-state index contributed by atoms with van der Waals surface area (Å²) in [5.74, 6) is -0.792. The third-order valence-electron chi connectivity index (χ3n) is 6.40. The lowest BCUT2D eigenvalue weighted by Crippen LogP contribution is -2.49. The van der Waals surface area contributed by atoms with Gasteiger partial charge in [0.2, 0.25) is 11.8 Å². The number of carbonyl (C=O) groups is 2. The average Bonchev–Trinajstić information content (AvgIpc) is 3.53. The molecular weight excluding hydrogens is 466 g/mol. The van der Waals surface area contributed by atoms with Gasteiger partial charge in [-0.25, -0.2) is 4.98 Å². The van der Waals surface area contributed by atoms with E-state index in [0.29, 0.717) is 0 Å². The van der Waals surface area contributed by atoms with E-state index in [2.05, 4.69) is 15.4 Å². The monoisotopic (exact) mass is 497 g/mol. The molecule has 10 heteroatoms. The number of nitrogens with one attached hydrogen (secondary N) is 1.